The monoisotopic (exact) mass is 366 g/mol. The Labute approximate surface area is 152 Å². The average Bonchev–Trinajstić information content (AvgIpc) is 2.56. The van der Waals surface area contributed by atoms with Gasteiger partial charge in [-0.15, -0.1) is 0 Å². The second-order valence-corrected chi connectivity index (χ2v) is 7.02. The zero-order valence-electron chi connectivity index (χ0n) is 15.2. The molecule has 1 rings (SSSR count). The second-order valence-electron chi connectivity index (χ2n) is 7.02. The molecule has 1 unspecified atom stereocenters. The number of ether oxygens (including phenoxy) is 2. The van der Waals surface area contributed by atoms with Gasteiger partial charge in [0.1, 0.15) is 18.2 Å². The Bertz CT molecular complexity index is 641. The van der Waals surface area contributed by atoms with Gasteiger partial charge in [-0.1, -0.05) is 30.3 Å². The van der Waals surface area contributed by atoms with Gasteiger partial charge in [0.05, 0.1) is 0 Å². The highest BCUT2D eigenvalue weighted by Gasteiger charge is 2.44. The summed E-state index contributed by atoms with van der Waals surface area (Å²) in [6, 6.07) is 7.67. The molecule has 0 saturated heterocycles. The first-order valence-corrected chi connectivity index (χ1v) is 8.17. The van der Waals surface area contributed by atoms with E-state index in [-0.39, 0.29) is 19.4 Å². The lowest BCUT2D eigenvalue weighted by Crippen LogP contribution is -2.56. The van der Waals surface area contributed by atoms with E-state index in [4.69, 9.17) is 20.9 Å². The Kier molecular flexibility index (Phi) is 7.29. The van der Waals surface area contributed by atoms with Crippen molar-refractivity contribution in [3.8, 4) is 0 Å². The molecule has 0 bridgehead atoms. The van der Waals surface area contributed by atoms with Crippen LogP contribution in [0.3, 0.4) is 0 Å². The molecule has 0 heterocycles. The van der Waals surface area contributed by atoms with E-state index >= 15 is 0 Å². The molecule has 0 fully saturated rings. The van der Waals surface area contributed by atoms with Crippen LogP contribution in [0.15, 0.2) is 30.3 Å². The number of benzene rings is 1. The molecule has 8 heteroatoms. The number of nitrogens with two attached hydrogens (primary N) is 2. The third kappa shape index (κ3) is 6.45. The van der Waals surface area contributed by atoms with Crippen LogP contribution < -0.4 is 11.5 Å². The van der Waals surface area contributed by atoms with Crippen molar-refractivity contribution in [2.75, 3.05) is 0 Å². The Hall–Kier alpha value is -2.45. The van der Waals surface area contributed by atoms with Gasteiger partial charge in [-0.2, -0.15) is 0 Å². The van der Waals surface area contributed by atoms with Gasteiger partial charge < -0.3 is 26.0 Å². The predicted octanol–water partition coefficient (Wildman–Crippen LogP) is 0.961. The SMILES string of the molecule is CC(C)(C)OC(=O)C(N)CC[C@](N)(C(=O)O)C(=O)OCc1ccccc1. The maximum absolute atomic E-state index is 12.2. The van der Waals surface area contributed by atoms with Crippen molar-refractivity contribution in [2.24, 2.45) is 11.5 Å². The second kappa shape index (κ2) is 8.77. The van der Waals surface area contributed by atoms with Gasteiger partial charge in [-0.3, -0.25) is 4.79 Å². The van der Waals surface area contributed by atoms with Gasteiger partial charge in [0.2, 0.25) is 5.54 Å². The molecule has 0 aliphatic carbocycles. The van der Waals surface area contributed by atoms with Crippen molar-refractivity contribution >= 4 is 17.9 Å². The summed E-state index contributed by atoms with van der Waals surface area (Å²) in [7, 11) is 0. The van der Waals surface area contributed by atoms with E-state index in [0.29, 0.717) is 5.56 Å². The molecule has 8 nitrogen and oxygen atoms in total. The molecule has 144 valence electrons. The van der Waals surface area contributed by atoms with Crippen LogP contribution in [0, 0.1) is 0 Å². The van der Waals surface area contributed by atoms with Crippen LogP contribution in [0.5, 0.6) is 0 Å². The fourth-order valence-electron chi connectivity index (χ4n) is 2.03. The summed E-state index contributed by atoms with van der Waals surface area (Å²) >= 11 is 0. The summed E-state index contributed by atoms with van der Waals surface area (Å²) in [5.41, 5.74) is 9.13. The molecule has 0 radical (unpaired) electrons. The Morgan fingerprint density at radius 3 is 2.23 bits per heavy atom. The third-order valence-corrected chi connectivity index (χ3v) is 3.52. The van der Waals surface area contributed by atoms with E-state index in [1.54, 1.807) is 51.1 Å². The Morgan fingerprint density at radius 1 is 1.15 bits per heavy atom. The normalized spacial score (nSPS) is 14.8. The van der Waals surface area contributed by atoms with E-state index in [2.05, 4.69) is 0 Å². The molecule has 1 aromatic rings. The van der Waals surface area contributed by atoms with Crippen LogP contribution in [0.1, 0.15) is 39.2 Å². The van der Waals surface area contributed by atoms with Crippen LogP contribution in [0.4, 0.5) is 0 Å². The first kappa shape index (κ1) is 21.6. The molecule has 0 aliphatic heterocycles. The molecule has 0 aliphatic rings. The lowest BCUT2D eigenvalue weighted by atomic mass is 9.92. The van der Waals surface area contributed by atoms with Gasteiger partial charge in [0, 0.05) is 0 Å². The lowest BCUT2D eigenvalue weighted by Gasteiger charge is -2.25. The summed E-state index contributed by atoms with van der Waals surface area (Å²) in [6.45, 7) is 4.94. The highest BCUT2D eigenvalue weighted by atomic mass is 16.6. The molecule has 1 aromatic carbocycles. The van der Waals surface area contributed by atoms with E-state index in [1.807, 2.05) is 0 Å². The Morgan fingerprint density at radius 2 is 1.73 bits per heavy atom. The maximum atomic E-state index is 12.2. The number of carboxylic acids is 1. The van der Waals surface area contributed by atoms with E-state index in [1.165, 1.54) is 0 Å². The minimum atomic E-state index is -2.30. The number of carbonyl (C=O) groups excluding carboxylic acids is 2. The van der Waals surface area contributed by atoms with Gasteiger partial charge >= 0.3 is 17.9 Å². The van der Waals surface area contributed by atoms with E-state index < -0.39 is 35.1 Å². The van der Waals surface area contributed by atoms with Crippen molar-refractivity contribution in [1.29, 1.82) is 0 Å². The first-order valence-electron chi connectivity index (χ1n) is 8.17. The van der Waals surface area contributed by atoms with E-state index in [0.717, 1.165) is 0 Å². The quantitative estimate of drug-likeness (QED) is 0.456. The summed E-state index contributed by atoms with van der Waals surface area (Å²) in [6.07, 6.45) is -0.505. The first-order chi connectivity index (χ1) is 12.0. The van der Waals surface area contributed by atoms with Crippen molar-refractivity contribution in [3.63, 3.8) is 0 Å². The minimum absolute atomic E-state index is 0.107. The van der Waals surface area contributed by atoms with Gasteiger partial charge in [0.25, 0.3) is 0 Å². The van der Waals surface area contributed by atoms with Gasteiger partial charge in [0.15, 0.2) is 0 Å². The zero-order chi connectivity index (χ0) is 20.0. The van der Waals surface area contributed by atoms with Crippen LogP contribution in [0.25, 0.3) is 0 Å². The number of aliphatic carboxylic acids is 1. The highest BCUT2D eigenvalue weighted by Crippen LogP contribution is 2.17. The Balaban J connectivity index is 2.69. The zero-order valence-corrected chi connectivity index (χ0v) is 15.2. The number of hydrogen-bond donors (Lipinski definition) is 3. The molecule has 0 spiro atoms. The van der Waals surface area contributed by atoms with Crippen LogP contribution in [-0.2, 0) is 30.5 Å². The maximum Gasteiger partial charge on any atom is 0.338 e. The molecule has 5 N–H and O–H groups in total. The van der Waals surface area contributed by atoms with Crippen LogP contribution in [0.2, 0.25) is 0 Å². The van der Waals surface area contributed by atoms with Crippen molar-refractivity contribution in [2.45, 2.75) is 57.4 Å². The predicted molar refractivity (Wildman–Crippen MR) is 93.8 cm³/mol. The summed E-state index contributed by atoms with van der Waals surface area (Å²) in [5, 5.41) is 9.36. The highest BCUT2D eigenvalue weighted by molar-refractivity contribution is 6.03. The van der Waals surface area contributed by atoms with Crippen molar-refractivity contribution in [1.82, 2.24) is 0 Å². The minimum Gasteiger partial charge on any atom is -0.479 e. The fourth-order valence-corrected chi connectivity index (χ4v) is 2.03. The topological polar surface area (TPSA) is 142 Å². The number of carbonyl (C=O) groups is 3. The smallest absolute Gasteiger partial charge is 0.338 e. The number of carboxylic acid groups (broad SMARTS) is 1. The van der Waals surface area contributed by atoms with Gasteiger partial charge in [-0.05, 0) is 39.2 Å². The number of rotatable bonds is 8. The molecule has 0 amide bonds. The van der Waals surface area contributed by atoms with Gasteiger partial charge in [-0.25, -0.2) is 9.59 Å². The fraction of sp³-hybridized carbons (Fsp3) is 0.500. The van der Waals surface area contributed by atoms with Crippen molar-refractivity contribution < 1.29 is 29.0 Å². The van der Waals surface area contributed by atoms with Crippen LogP contribution in [-0.4, -0.2) is 40.2 Å². The number of esters is 2. The molecule has 0 saturated carbocycles. The molecule has 26 heavy (non-hydrogen) atoms. The van der Waals surface area contributed by atoms with Crippen molar-refractivity contribution in [3.05, 3.63) is 35.9 Å². The molecular formula is C18H26N2O6. The summed E-state index contributed by atoms with van der Waals surface area (Å²) in [4.78, 5) is 35.6. The lowest BCUT2D eigenvalue weighted by molar-refractivity contribution is -0.164. The number of hydrogen-bond acceptors (Lipinski definition) is 7. The standard InChI is InChI=1S/C18H26N2O6/c1-17(2,3)26-14(21)13(19)9-10-18(20,15(22)23)16(24)25-11-12-7-5-4-6-8-12/h4-8,13H,9-11,19-20H2,1-3H3,(H,22,23)/t13?,18-/m0/s1. The average molecular weight is 366 g/mol. The third-order valence-electron chi connectivity index (χ3n) is 3.52. The summed E-state index contributed by atoms with van der Waals surface area (Å²) in [5.74, 6) is -3.33. The van der Waals surface area contributed by atoms with E-state index in [9.17, 15) is 19.5 Å². The summed E-state index contributed by atoms with van der Waals surface area (Å²) < 4.78 is 10.1. The molecule has 0 aromatic heterocycles. The molecular weight excluding hydrogens is 340 g/mol. The largest absolute Gasteiger partial charge is 0.479 e. The van der Waals surface area contributed by atoms with Crippen LogP contribution >= 0.6 is 0 Å². The molecule has 2 atom stereocenters.